The highest BCUT2D eigenvalue weighted by Gasteiger charge is 2.26. The topological polar surface area (TPSA) is 57.6 Å². The highest BCUT2D eigenvalue weighted by Crippen LogP contribution is 2.25. The summed E-state index contributed by atoms with van der Waals surface area (Å²) in [6.07, 6.45) is 6.67. The molecule has 0 aromatic rings. The molecule has 0 radical (unpaired) electrons. The number of carbonyl (C=O) groups is 2. The molecule has 1 aliphatic carbocycles. The zero-order chi connectivity index (χ0) is 14.3. The van der Waals surface area contributed by atoms with Crippen molar-refractivity contribution in [3.05, 3.63) is 0 Å². The van der Waals surface area contributed by atoms with E-state index in [1.54, 1.807) is 0 Å². The van der Waals surface area contributed by atoms with Crippen molar-refractivity contribution in [3.8, 4) is 0 Å². The Morgan fingerprint density at radius 1 is 1.16 bits per heavy atom. The highest BCUT2D eigenvalue weighted by molar-refractivity contribution is 5.76. The van der Waals surface area contributed by atoms with Crippen molar-refractivity contribution >= 4 is 11.9 Å². The van der Waals surface area contributed by atoms with Gasteiger partial charge in [0.15, 0.2) is 0 Å². The molecule has 110 valence electrons. The number of unbranched alkanes of at least 4 members (excludes halogenated alkanes) is 1. The fraction of sp³-hybridized carbons (Fsp3) is 0.867. The van der Waals surface area contributed by atoms with Gasteiger partial charge in [-0.1, -0.05) is 26.7 Å². The molecule has 0 aromatic heterocycles. The Kier molecular flexibility index (Phi) is 6.89. The first kappa shape index (κ1) is 16.0. The van der Waals surface area contributed by atoms with E-state index in [0.717, 1.165) is 19.4 Å². The number of carboxylic acids is 1. The van der Waals surface area contributed by atoms with Crippen LogP contribution in [-0.2, 0) is 9.59 Å². The number of hydrogen-bond acceptors (Lipinski definition) is 2. The zero-order valence-electron chi connectivity index (χ0n) is 12.2. The van der Waals surface area contributed by atoms with Crippen molar-refractivity contribution < 1.29 is 14.7 Å². The molecule has 4 nitrogen and oxygen atoms in total. The van der Waals surface area contributed by atoms with Gasteiger partial charge < -0.3 is 10.0 Å². The number of carbonyl (C=O) groups excluding carboxylic acids is 1. The van der Waals surface area contributed by atoms with E-state index in [1.807, 2.05) is 0 Å². The quantitative estimate of drug-likeness (QED) is 0.689. The minimum absolute atomic E-state index is 0.168. The summed E-state index contributed by atoms with van der Waals surface area (Å²) in [5.41, 5.74) is 0. The first-order valence-corrected chi connectivity index (χ1v) is 7.52. The van der Waals surface area contributed by atoms with E-state index in [-0.39, 0.29) is 12.3 Å². The van der Waals surface area contributed by atoms with Crippen LogP contribution in [0.25, 0.3) is 0 Å². The Labute approximate surface area is 116 Å². The third kappa shape index (κ3) is 6.08. The number of aliphatic carboxylic acids is 1. The number of rotatable bonds is 8. The van der Waals surface area contributed by atoms with Crippen LogP contribution < -0.4 is 0 Å². The molecule has 0 atom stereocenters. The van der Waals surface area contributed by atoms with E-state index in [1.165, 1.54) is 12.8 Å². The van der Waals surface area contributed by atoms with E-state index in [9.17, 15) is 9.59 Å². The standard InChI is InChI=1S/C15H27NO3/c1-12(2)11-16(13-7-3-4-8-13)14(17)9-5-6-10-15(18)19/h12-13H,3-11H2,1-2H3,(H,18,19). The maximum absolute atomic E-state index is 12.3. The fourth-order valence-corrected chi connectivity index (χ4v) is 2.76. The average Bonchev–Trinajstić information content (AvgIpc) is 2.84. The van der Waals surface area contributed by atoms with E-state index in [0.29, 0.717) is 31.2 Å². The van der Waals surface area contributed by atoms with Gasteiger partial charge in [-0.05, 0) is 31.6 Å². The lowest BCUT2D eigenvalue weighted by atomic mass is 10.1. The lowest BCUT2D eigenvalue weighted by Gasteiger charge is -2.30. The molecule has 1 N–H and O–H groups in total. The summed E-state index contributed by atoms with van der Waals surface area (Å²) < 4.78 is 0. The molecule has 4 heteroatoms. The van der Waals surface area contributed by atoms with Crippen LogP contribution in [0.1, 0.15) is 65.2 Å². The molecule has 1 saturated carbocycles. The maximum Gasteiger partial charge on any atom is 0.303 e. The molecule has 0 bridgehead atoms. The summed E-state index contributed by atoms with van der Waals surface area (Å²) in [5.74, 6) is -0.0724. The fourth-order valence-electron chi connectivity index (χ4n) is 2.76. The lowest BCUT2D eigenvalue weighted by molar-refractivity contribution is -0.138. The molecule has 0 aromatic carbocycles. The highest BCUT2D eigenvalue weighted by atomic mass is 16.4. The van der Waals surface area contributed by atoms with Crippen LogP contribution in [-0.4, -0.2) is 34.5 Å². The van der Waals surface area contributed by atoms with E-state index < -0.39 is 5.97 Å². The molecular weight excluding hydrogens is 242 g/mol. The molecule has 0 saturated heterocycles. The van der Waals surface area contributed by atoms with Gasteiger partial charge in [0.2, 0.25) is 5.91 Å². The summed E-state index contributed by atoms with van der Waals surface area (Å²) in [7, 11) is 0. The smallest absolute Gasteiger partial charge is 0.303 e. The number of hydrogen-bond donors (Lipinski definition) is 1. The van der Waals surface area contributed by atoms with Gasteiger partial charge >= 0.3 is 5.97 Å². The third-order valence-corrected chi connectivity index (χ3v) is 3.68. The predicted octanol–water partition coefficient (Wildman–Crippen LogP) is 3.06. The van der Waals surface area contributed by atoms with Crippen LogP contribution in [0.15, 0.2) is 0 Å². The van der Waals surface area contributed by atoms with E-state index in [4.69, 9.17) is 5.11 Å². The molecule has 0 heterocycles. The van der Waals surface area contributed by atoms with Crippen molar-refractivity contribution in [3.63, 3.8) is 0 Å². The molecule has 0 unspecified atom stereocenters. The molecule has 1 rings (SSSR count). The maximum atomic E-state index is 12.3. The minimum atomic E-state index is -0.776. The zero-order valence-corrected chi connectivity index (χ0v) is 12.2. The van der Waals surface area contributed by atoms with Gasteiger partial charge in [0, 0.05) is 25.4 Å². The van der Waals surface area contributed by atoms with Gasteiger partial charge in [-0.15, -0.1) is 0 Å². The van der Waals surface area contributed by atoms with Crippen LogP contribution in [0.3, 0.4) is 0 Å². The van der Waals surface area contributed by atoms with Gasteiger partial charge in [0.05, 0.1) is 0 Å². The average molecular weight is 269 g/mol. The number of nitrogens with zero attached hydrogens (tertiary/aromatic N) is 1. The summed E-state index contributed by atoms with van der Waals surface area (Å²) >= 11 is 0. The summed E-state index contributed by atoms with van der Waals surface area (Å²) in [6.45, 7) is 5.11. The Morgan fingerprint density at radius 3 is 2.26 bits per heavy atom. The van der Waals surface area contributed by atoms with Crippen LogP contribution in [0.4, 0.5) is 0 Å². The Balaban J connectivity index is 2.39. The number of amides is 1. The SMILES string of the molecule is CC(C)CN(C(=O)CCCCC(=O)O)C1CCCC1. The lowest BCUT2D eigenvalue weighted by Crippen LogP contribution is -2.41. The van der Waals surface area contributed by atoms with Crippen LogP contribution in [0.5, 0.6) is 0 Å². The summed E-state index contributed by atoms with van der Waals surface area (Å²) in [5, 5.41) is 8.58. The second-order valence-corrected chi connectivity index (χ2v) is 5.98. The summed E-state index contributed by atoms with van der Waals surface area (Å²) in [4.78, 5) is 24.8. The van der Waals surface area contributed by atoms with Gasteiger partial charge in [0.25, 0.3) is 0 Å². The molecular formula is C15H27NO3. The third-order valence-electron chi connectivity index (χ3n) is 3.68. The summed E-state index contributed by atoms with van der Waals surface area (Å²) in [6, 6.07) is 0.425. The van der Waals surface area contributed by atoms with E-state index >= 15 is 0 Å². The van der Waals surface area contributed by atoms with Crippen molar-refractivity contribution in [1.82, 2.24) is 4.90 Å². The van der Waals surface area contributed by atoms with Gasteiger partial charge in [0.1, 0.15) is 0 Å². The number of carboxylic acid groups (broad SMARTS) is 1. The Hall–Kier alpha value is -1.06. The second kappa shape index (κ2) is 8.18. The van der Waals surface area contributed by atoms with Crippen LogP contribution >= 0.6 is 0 Å². The van der Waals surface area contributed by atoms with Crippen LogP contribution in [0, 0.1) is 5.92 Å². The van der Waals surface area contributed by atoms with Crippen molar-refractivity contribution in [1.29, 1.82) is 0 Å². The molecule has 19 heavy (non-hydrogen) atoms. The van der Waals surface area contributed by atoms with Crippen molar-refractivity contribution in [2.45, 2.75) is 71.3 Å². The Morgan fingerprint density at radius 2 is 1.74 bits per heavy atom. The molecule has 0 spiro atoms. The molecule has 1 aliphatic rings. The van der Waals surface area contributed by atoms with Crippen molar-refractivity contribution in [2.24, 2.45) is 5.92 Å². The second-order valence-electron chi connectivity index (χ2n) is 5.98. The van der Waals surface area contributed by atoms with Gasteiger partial charge in [-0.2, -0.15) is 0 Å². The first-order valence-electron chi connectivity index (χ1n) is 7.52. The predicted molar refractivity (Wildman–Crippen MR) is 74.9 cm³/mol. The minimum Gasteiger partial charge on any atom is -0.481 e. The first-order chi connectivity index (χ1) is 9.00. The Bertz CT molecular complexity index is 296. The monoisotopic (exact) mass is 269 g/mol. The van der Waals surface area contributed by atoms with E-state index in [2.05, 4.69) is 18.7 Å². The molecule has 1 amide bonds. The largest absolute Gasteiger partial charge is 0.481 e. The molecule has 1 fully saturated rings. The van der Waals surface area contributed by atoms with Crippen LogP contribution in [0.2, 0.25) is 0 Å². The van der Waals surface area contributed by atoms with Gasteiger partial charge in [-0.25, -0.2) is 0 Å². The molecule has 0 aliphatic heterocycles. The van der Waals surface area contributed by atoms with Crippen molar-refractivity contribution in [2.75, 3.05) is 6.54 Å². The normalized spacial score (nSPS) is 15.9. The van der Waals surface area contributed by atoms with Gasteiger partial charge in [-0.3, -0.25) is 9.59 Å².